The SMILES string of the molecule is CCc1ccc2nc(N(Cc3cccnc3)C(=O)c3ccccc3Br)sc2c1. The number of thiazole rings is 1. The van der Waals surface area contributed by atoms with E-state index in [1.165, 1.54) is 5.56 Å². The Labute approximate surface area is 176 Å². The molecule has 1 amide bonds. The maximum atomic E-state index is 13.4. The van der Waals surface area contributed by atoms with Gasteiger partial charge in [-0.2, -0.15) is 0 Å². The molecule has 0 fully saturated rings. The zero-order chi connectivity index (χ0) is 19.5. The summed E-state index contributed by atoms with van der Waals surface area (Å²) in [5, 5.41) is 0.688. The fourth-order valence-electron chi connectivity index (χ4n) is 2.97. The summed E-state index contributed by atoms with van der Waals surface area (Å²) in [6.07, 6.45) is 4.48. The van der Waals surface area contributed by atoms with E-state index in [2.05, 4.69) is 40.0 Å². The first kappa shape index (κ1) is 18.8. The maximum absolute atomic E-state index is 13.4. The summed E-state index contributed by atoms with van der Waals surface area (Å²) in [7, 11) is 0. The van der Waals surface area contributed by atoms with Crippen LogP contribution in [0.2, 0.25) is 0 Å². The third-order valence-corrected chi connectivity index (χ3v) is 6.23. The third-order valence-electron chi connectivity index (χ3n) is 4.49. The van der Waals surface area contributed by atoms with E-state index in [0.29, 0.717) is 17.2 Å². The summed E-state index contributed by atoms with van der Waals surface area (Å²) in [6.45, 7) is 2.54. The first-order valence-corrected chi connectivity index (χ1v) is 10.6. The Kier molecular flexibility index (Phi) is 5.50. The highest BCUT2D eigenvalue weighted by Crippen LogP contribution is 2.32. The first-order valence-electron chi connectivity index (χ1n) is 9.00. The van der Waals surface area contributed by atoms with Crippen molar-refractivity contribution in [3.8, 4) is 0 Å². The number of rotatable bonds is 5. The van der Waals surface area contributed by atoms with E-state index in [1.54, 1.807) is 28.6 Å². The number of nitrogens with zero attached hydrogens (tertiary/aromatic N) is 3. The number of benzene rings is 2. The number of hydrogen-bond donors (Lipinski definition) is 0. The molecule has 6 heteroatoms. The molecule has 0 N–H and O–H groups in total. The monoisotopic (exact) mass is 451 g/mol. The van der Waals surface area contributed by atoms with Crippen LogP contribution in [0.15, 0.2) is 71.5 Å². The number of amides is 1. The topological polar surface area (TPSA) is 46.1 Å². The van der Waals surface area contributed by atoms with Crippen molar-refractivity contribution >= 4 is 48.5 Å². The molecule has 4 aromatic rings. The van der Waals surface area contributed by atoms with Gasteiger partial charge >= 0.3 is 0 Å². The van der Waals surface area contributed by atoms with Gasteiger partial charge in [-0.3, -0.25) is 14.7 Å². The molecule has 0 unspecified atom stereocenters. The second kappa shape index (κ2) is 8.20. The summed E-state index contributed by atoms with van der Waals surface area (Å²) >= 11 is 5.04. The van der Waals surface area contributed by atoms with Crippen LogP contribution >= 0.6 is 27.3 Å². The lowest BCUT2D eigenvalue weighted by Gasteiger charge is -2.20. The molecule has 2 heterocycles. The minimum absolute atomic E-state index is 0.0916. The van der Waals surface area contributed by atoms with Crippen molar-refractivity contribution < 1.29 is 4.79 Å². The summed E-state index contributed by atoms with van der Waals surface area (Å²) in [5.41, 5.74) is 3.74. The van der Waals surface area contributed by atoms with Crippen LogP contribution in [-0.2, 0) is 13.0 Å². The van der Waals surface area contributed by atoms with Gasteiger partial charge in [0.15, 0.2) is 5.13 Å². The standard InChI is InChI=1S/C22H18BrN3OS/c1-2-15-9-10-19-20(12-15)28-22(25-19)26(14-16-6-5-11-24-13-16)21(27)17-7-3-4-8-18(17)23/h3-13H,2,14H2,1H3. The minimum atomic E-state index is -0.0916. The summed E-state index contributed by atoms with van der Waals surface area (Å²) in [4.78, 5) is 24.1. The van der Waals surface area contributed by atoms with Crippen LogP contribution < -0.4 is 4.90 Å². The quantitative estimate of drug-likeness (QED) is 0.381. The molecule has 4 nitrogen and oxygen atoms in total. The lowest BCUT2D eigenvalue weighted by molar-refractivity contribution is 0.0984. The molecule has 0 saturated heterocycles. The van der Waals surface area contributed by atoms with E-state index in [4.69, 9.17) is 4.98 Å². The average Bonchev–Trinajstić information content (AvgIpc) is 3.15. The van der Waals surface area contributed by atoms with Gasteiger partial charge in [0.2, 0.25) is 0 Å². The molecular weight excluding hydrogens is 434 g/mol. The number of aryl methyl sites for hydroxylation is 1. The highest BCUT2D eigenvalue weighted by atomic mass is 79.9. The summed E-state index contributed by atoms with van der Waals surface area (Å²) in [6, 6.07) is 17.6. The lowest BCUT2D eigenvalue weighted by Crippen LogP contribution is -2.30. The van der Waals surface area contributed by atoms with Gasteiger partial charge in [0.1, 0.15) is 0 Å². The third kappa shape index (κ3) is 3.84. The Balaban J connectivity index is 1.78. The van der Waals surface area contributed by atoms with Crippen molar-refractivity contribution in [3.05, 3.63) is 88.2 Å². The molecule has 0 radical (unpaired) electrons. The van der Waals surface area contributed by atoms with E-state index in [1.807, 2.05) is 42.5 Å². The van der Waals surface area contributed by atoms with E-state index in [9.17, 15) is 4.79 Å². The van der Waals surface area contributed by atoms with Crippen LogP contribution in [0, 0.1) is 0 Å². The minimum Gasteiger partial charge on any atom is -0.279 e. The molecule has 0 aliphatic heterocycles. The first-order chi connectivity index (χ1) is 13.7. The average molecular weight is 452 g/mol. The highest BCUT2D eigenvalue weighted by molar-refractivity contribution is 9.10. The fraction of sp³-hybridized carbons (Fsp3) is 0.136. The molecule has 0 aliphatic carbocycles. The number of carbonyl (C=O) groups excluding carboxylic acids is 1. The van der Waals surface area contributed by atoms with Crippen LogP contribution in [0.3, 0.4) is 0 Å². The number of pyridine rings is 1. The van der Waals surface area contributed by atoms with Crippen LogP contribution in [0.4, 0.5) is 5.13 Å². The predicted octanol–water partition coefficient (Wildman–Crippen LogP) is 5.86. The van der Waals surface area contributed by atoms with Crippen molar-refractivity contribution in [2.24, 2.45) is 0 Å². The van der Waals surface area contributed by atoms with Crippen molar-refractivity contribution in [1.82, 2.24) is 9.97 Å². The molecule has 140 valence electrons. The maximum Gasteiger partial charge on any atom is 0.261 e. The second-order valence-electron chi connectivity index (χ2n) is 6.38. The van der Waals surface area contributed by atoms with E-state index in [0.717, 1.165) is 26.7 Å². The zero-order valence-corrected chi connectivity index (χ0v) is 17.7. The number of fused-ring (bicyclic) bond motifs is 1. The van der Waals surface area contributed by atoms with Crippen molar-refractivity contribution in [1.29, 1.82) is 0 Å². The van der Waals surface area contributed by atoms with E-state index >= 15 is 0 Å². The lowest BCUT2D eigenvalue weighted by atomic mass is 10.2. The van der Waals surface area contributed by atoms with Crippen LogP contribution in [0.25, 0.3) is 10.2 Å². The fourth-order valence-corrected chi connectivity index (χ4v) is 4.45. The Bertz CT molecular complexity index is 1130. The van der Waals surface area contributed by atoms with Crippen molar-refractivity contribution in [3.63, 3.8) is 0 Å². The molecular formula is C22H18BrN3OS. The Morgan fingerprint density at radius 1 is 1.11 bits per heavy atom. The summed E-state index contributed by atoms with van der Waals surface area (Å²) < 4.78 is 1.86. The van der Waals surface area contributed by atoms with Gasteiger partial charge in [0.05, 0.1) is 22.3 Å². The van der Waals surface area contributed by atoms with Gasteiger partial charge < -0.3 is 0 Å². The Morgan fingerprint density at radius 2 is 1.96 bits per heavy atom. The smallest absolute Gasteiger partial charge is 0.261 e. The van der Waals surface area contributed by atoms with Gasteiger partial charge in [-0.15, -0.1) is 0 Å². The van der Waals surface area contributed by atoms with E-state index < -0.39 is 0 Å². The van der Waals surface area contributed by atoms with Gasteiger partial charge in [-0.05, 0) is 63.8 Å². The molecule has 2 aromatic heterocycles. The van der Waals surface area contributed by atoms with Gasteiger partial charge in [0, 0.05) is 16.9 Å². The molecule has 2 aromatic carbocycles. The second-order valence-corrected chi connectivity index (χ2v) is 8.25. The number of hydrogen-bond acceptors (Lipinski definition) is 4. The molecule has 0 bridgehead atoms. The van der Waals surface area contributed by atoms with Crippen LogP contribution in [0.1, 0.15) is 28.4 Å². The molecule has 4 rings (SSSR count). The van der Waals surface area contributed by atoms with Crippen molar-refractivity contribution in [2.45, 2.75) is 19.9 Å². The molecule has 0 saturated carbocycles. The number of carbonyl (C=O) groups is 1. The molecule has 0 spiro atoms. The number of anilines is 1. The number of aromatic nitrogens is 2. The van der Waals surface area contributed by atoms with Gasteiger partial charge in [-0.1, -0.05) is 42.5 Å². The predicted molar refractivity (Wildman–Crippen MR) is 118 cm³/mol. The largest absolute Gasteiger partial charge is 0.279 e. The Hall–Kier alpha value is -2.57. The Morgan fingerprint density at radius 3 is 2.71 bits per heavy atom. The molecule has 0 atom stereocenters. The van der Waals surface area contributed by atoms with Crippen LogP contribution in [0.5, 0.6) is 0 Å². The highest BCUT2D eigenvalue weighted by Gasteiger charge is 2.23. The molecule has 28 heavy (non-hydrogen) atoms. The number of halogens is 1. The molecule has 0 aliphatic rings. The normalized spacial score (nSPS) is 10.9. The van der Waals surface area contributed by atoms with E-state index in [-0.39, 0.29) is 5.91 Å². The van der Waals surface area contributed by atoms with Crippen molar-refractivity contribution in [2.75, 3.05) is 4.90 Å². The summed E-state index contributed by atoms with van der Waals surface area (Å²) in [5.74, 6) is -0.0916. The van der Waals surface area contributed by atoms with Crippen LogP contribution in [-0.4, -0.2) is 15.9 Å². The zero-order valence-electron chi connectivity index (χ0n) is 15.3. The van der Waals surface area contributed by atoms with Gasteiger partial charge in [0.25, 0.3) is 5.91 Å². The van der Waals surface area contributed by atoms with Gasteiger partial charge in [-0.25, -0.2) is 4.98 Å².